The molecular weight excluding hydrogens is 356 g/mol. The number of carbonyl (C=O) groups excluding carboxylic acids is 2. The summed E-state index contributed by atoms with van der Waals surface area (Å²) < 4.78 is 5.01. The van der Waals surface area contributed by atoms with Crippen molar-refractivity contribution in [2.75, 3.05) is 38.1 Å². The normalized spacial score (nSPS) is 13.9. The van der Waals surface area contributed by atoms with Gasteiger partial charge in [0.05, 0.1) is 17.9 Å². The van der Waals surface area contributed by atoms with Crippen LogP contribution in [-0.2, 0) is 11.3 Å². The highest BCUT2D eigenvalue weighted by Crippen LogP contribution is 2.14. The minimum absolute atomic E-state index is 0.0739. The molecule has 2 aromatic rings. The molecule has 3 rings (SSSR count). The number of aryl methyl sites for hydroxylation is 1. The van der Waals surface area contributed by atoms with Gasteiger partial charge in [0.1, 0.15) is 0 Å². The number of rotatable bonds is 5. The van der Waals surface area contributed by atoms with E-state index in [0.717, 1.165) is 5.69 Å². The van der Waals surface area contributed by atoms with E-state index in [1.807, 2.05) is 12.1 Å². The molecule has 0 saturated carbocycles. The van der Waals surface area contributed by atoms with Crippen LogP contribution in [0.1, 0.15) is 28.4 Å². The number of ether oxygens (including phenoxy) is 1. The SMILES string of the molecule is CCOC(=O)N1CCN(C(=O)c2cncc(NCc3cccc(C)c3)c2)CC1. The summed E-state index contributed by atoms with van der Waals surface area (Å²) in [6.45, 7) is 6.78. The van der Waals surface area contributed by atoms with Crippen LogP contribution in [0, 0.1) is 6.92 Å². The third-order valence-corrected chi connectivity index (χ3v) is 4.66. The van der Waals surface area contributed by atoms with E-state index in [0.29, 0.717) is 44.9 Å². The summed E-state index contributed by atoms with van der Waals surface area (Å²) in [6, 6.07) is 10.1. The van der Waals surface area contributed by atoms with Crippen LogP contribution in [0.5, 0.6) is 0 Å². The lowest BCUT2D eigenvalue weighted by atomic mass is 10.1. The van der Waals surface area contributed by atoms with Gasteiger partial charge in [0.15, 0.2) is 0 Å². The van der Waals surface area contributed by atoms with Gasteiger partial charge >= 0.3 is 6.09 Å². The van der Waals surface area contributed by atoms with Gasteiger partial charge in [-0.25, -0.2) is 4.79 Å². The number of hydrogen-bond donors (Lipinski definition) is 1. The molecule has 28 heavy (non-hydrogen) atoms. The first-order valence-electron chi connectivity index (χ1n) is 9.52. The number of benzene rings is 1. The highest BCUT2D eigenvalue weighted by molar-refractivity contribution is 5.95. The molecule has 148 valence electrons. The first-order valence-corrected chi connectivity index (χ1v) is 9.52. The molecule has 1 aromatic heterocycles. The van der Waals surface area contributed by atoms with Crippen molar-refractivity contribution in [1.29, 1.82) is 0 Å². The highest BCUT2D eigenvalue weighted by atomic mass is 16.6. The molecule has 0 spiro atoms. The Bertz CT molecular complexity index is 832. The summed E-state index contributed by atoms with van der Waals surface area (Å²) in [6.07, 6.45) is 2.97. The average molecular weight is 382 g/mol. The van der Waals surface area contributed by atoms with E-state index < -0.39 is 0 Å². The number of hydrogen-bond acceptors (Lipinski definition) is 5. The Morgan fingerprint density at radius 1 is 1.11 bits per heavy atom. The molecular formula is C21H26N4O3. The number of pyridine rings is 1. The molecule has 1 saturated heterocycles. The highest BCUT2D eigenvalue weighted by Gasteiger charge is 2.25. The fraction of sp³-hybridized carbons (Fsp3) is 0.381. The topological polar surface area (TPSA) is 74.8 Å². The molecule has 1 fully saturated rings. The molecule has 7 heteroatoms. The molecule has 0 bridgehead atoms. The van der Waals surface area contributed by atoms with Crippen molar-refractivity contribution in [2.24, 2.45) is 0 Å². The Balaban J connectivity index is 1.57. The molecule has 7 nitrogen and oxygen atoms in total. The Labute approximate surface area is 165 Å². The van der Waals surface area contributed by atoms with E-state index in [2.05, 4.69) is 35.4 Å². The Morgan fingerprint density at radius 3 is 2.57 bits per heavy atom. The van der Waals surface area contributed by atoms with Gasteiger partial charge in [0, 0.05) is 45.1 Å². The first kappa shape index (κ1) is 19.7. The molecule has 0 radical (unpaired) electrons. The van der Waals surface area contributed by atoms with Crippen molar-refractivity contribution in [3.63, 3.8) is 0 Å². The maximum atomic E-state index is 12.8. The van der Waals surface area contributed by atoms with Crippen LogP contribution >= 0.6 is 0 Å². The summed E-state index contributed by atoms with van der Waals surface area (Å²) in [5.41, 5.74) is 3.73. The summed E-state index contributed by atoms with van der Waals surface area (Å²) >= 11 is 0. The first-order chi connectivity index (χ1) is 13.6. The fourth-order valence-corrected chi connectivity index (χ4v) is 3.17. The second kappa shape index (κ2) is 9.21. The summed E-state index contributed by atoms with van der Waals surface area (Å²) in [5.74, 6) is -0.0739. The van der Waals surface area contributed by atoms with E-state index in [9.17, 15) is 9.59 Å². The van der Waals surface area contributed by atoms with Crippen LogP contribution in [-0.4, -0.2) is 59.6 Å². The van der Waals surface area contributed by atoms with Crippen molar-refractivity contribution in [1.82, 2.24) is 14.8 Å². The second-order valence-corrected chi connectivity index (χ2v) is 6.78. The molecule has 0 unspecified atom stereocenters. The number of piperazine rings is 1. The molecule has 1 aromatic carbocycles. The lowest BCUT2D eigenvalue weighted by Crippen LogP contribution is -2.50. The third kappa shape index (κ3) is 5.00. The van der Waals surface area contributed by atoms with Crippen molar-refractivity contribution < 1.29 is 14.3 Å². The van der Waals surface area contributed by atoms with Crippen molar-refractivity contribution in [2.45, 2.75) is 20.4 Å². The van der Waals surface area contributed by atoms with Gasteiger partial charge in [-0.1, -0.05) is 29.8 Å². The van der Waals surface area contributed by atoms with E-state index in [-0.39, 0.29) is 12.0 Å². The van der Waals surface area contributed by atoms with Crippen molar-refractivity contribution >= 4 is 17.7 Å². The van der Waals surface area contributed by atoms with Gasteiger partial charge < -0.3 is 19.9 Å². The molecule has 1 aliphatic heterocycles. The number of anilines is 1. The zero-order chi connectivity index (χ0) is 19.9. The van der Waals surface area contributed by atoms with Crippen LogP contribution in [0.3, 0.4) is 0 Å². The van der Waals surface area contributed by atoms with E-state index in [1.165, 1.54) is 11.1 Å². The van der Waals surface area contributed by atoms with Crippen LogP contribution in [0.25, 0.3) is 0 Å². The zero-order valence-corrected chi connectivity index (χ0v) is 16.4. The summed E-state index contributed by atoms with van der Waals surface area (Å²) in [5, 5.41) is 3.32. The quantitative estimate of drug-likeness (QED) is 0.861. The van der Waals surface area contributed by atoms with Gasteiger partial charge in [-0.15, -0.1) is 0 Å². The minimum Gasteiger partial charge on any atom is -0.450 e. The number of nitrogens with zero attached hydrogens (tertiary/aromatic N) is 3. The smallest absolute Gasteiger partial charge is 0.409 e. The largest absolute Gasteiger partial charge is 0.450 e. The van der Waals surface area contributed by atoms with E-state index in [4.69, 9.17) is 4.74 Å². The van der Waals surface area contributed by atoms with Gasteiger partial charge in [0.25, 0.3) is 5.91 Å². The van der Waals surface area contributed by atoms with Crippen LogP contribution < -0.4 is 5.32 Å². The number of amides is 2. The lowest BCUT2D eigenvalue weighted by Gasteiger charge is -2.34. The Morgan fingerprint density at radius 2 is 1.86 bits per heavy atom. The molecule has 2 amide bonds. The number of carbonyl (C=O) groups is 2. The van der Waals surface area contributed by atoms with Crippen LogP contribution in [0.4, 0.5) is 10.5 Å². The van der Waals surface area contributed by atoms with Crippen molar-refractivity contribution in [3.8, 4) is 0 Å². The van der Waals surface area contributed by atoms with E-state index >= 15 is 0 Å². The van der Waals surface area contributed by atoms with Gasteiger partial charge in [0.2, 0.25) is 0 Å². The van der Waals surface area contributed by atoms with Crippen LogP contribution in [0.15, 0.2) is 42.7 Å². The predicted molar refractivity (Wildman–Crippen MR) is 107 cm³/mol. The number of nitrogens with one attached hydrogen (secondary N) is 1. The average Bonchev–Trinajstić information content (AvgIpc) is 2.72. The van der Waals surface area contributed by atoms with Gasteiger partial charge in [-0.3, -0.25) is 9.78 Å². The minimum atomic E-state index is -0.321. The maximum absolute atomic E-state index is 12.8. The number of aromatic nitrogens is 1. The molecule has 1 N–H and O–H groups in total. The monoisotopic (exact) mass is 382 g/mol. The molecule has 0 atom stereocenters. The molecule has 1 aliphatic rings. The lowest BCUT2D eigenvalue weighted by molar-refractivity contribution is 0.0570. The van der Waals surface area contributed by atoms with Gasteiger partial charge in [-0.05, 0) is 25.5 Å². The molecule has 0 aliphatic carbocycles. The fourth-order valence-electron chi connectivity index (χ4n) is 3.17. The molecule has 2 heterocycles. The predicted octanol–water partition coefficient (Wildman–Crippen LogP) is 2.92. The maximum Gasteiger partial charge on any atom is 0.409 e. The third-order valence-electron chi connectivity index (χ3n) is 4.66. The van der Waals surface area contributed by atoms with Crippen molar-refractivity contribution in [3.05, 3.63) is 59.4 Å². The van der Waals surface area contributed by atoms with Crippen LogP contribution in [0.2, 0.25) is 0 Å². The summed E-state index contributed by atoms with van der Waals surface area (Å²) in [7, 11) is 0. The Kier molecular flexibility index (Phi) is 6.47. The zero-order valence-electron chi connectivity index (χ0n) is 16.4. The Hall–Kier alpha value is -3.09. The summed E-state index contributed by atoms with van der Waals surface area (Å²) in [4.78, 5) is 32.2. The standard InChI is InChI=1S/C21H26N4O3/c1-3-28-21(27)25-9-7-24(8-10-25)20(26)18-12-19(15-22-14-18)23-13-17-6-4-5-16(2)11-17/h4-6,11-12,14-15,23H,3,7-10,13H2,1-2H3. The van der Waals surface area contributed by atoms with E-state index in [1.54, 1.807) is 29.1 Å². The second-order valence-electron chi connectivity index (χ2n) is 6.78. The van der Waals surface area contributed by atoms with Gasteiger partial charge in [-0.2, -0.15) is 0 Å².